The Morgan fingerprint density at radius 3 is 2.43 bits per heavy atom. The van der Waals surface area contributed by atoms with E-state index in [1.165, 1.54) is 18.2 Å². The summed E-state index contributed by atoms with van der Waals surface area (Å²) >= 11 is 0. The van der Waals surface area contributed by atoms with Crippen LogP contribution in [0.3, 0.4) is 0 Å². The molecule has 2 aromatic rings. The number of aromatic nitrogens is 1. The highest BCUT2D eigenvalue weighted by Crippen LogP contribution is 2.31. The molecular formula is C26H38F2N4O3. The van der Waals surface area contributed by atoms with Crippen molar-refractivity contribution in [3.8, 4) is 0 Å². The largest absolute Gasteiger partial charge is 0.402 e. The first-order valence-electron chi connectivity index (χ1n) is 12.1. The fraction of sp³-hybridized carbons (Fsp3) is 0.462. The summed E-state index contributed by atoms with van der Waals surface area (Å²) in [7, 11) is 0. The third-order valence-corrected chi connectivity index (χ3v) is 5.43. The fourth-order valence-corrected chi connectivity index (χ4v) is 3.75. The first kappa shape index (κ1) is 29.8. The maximum absolute atomic E-state index is 14.0. The normalized spacial score (nSPS) is 15.5. The summed E-state index contributed by atoms with van der Waals surface area (Å²) < 4.78 is 33.0. The molecule has 0 saturated heterocycles. The Balaban J connectivity index is 0.00000145. The lowest BCUT2D eigenvalue weighted by Gasteiger charge is -2.30. The van der Waals surface area contributed by atoms with E-state index >= 15 is 0 Å². The Kier molecular flexibility index (Phi) is 12.7. The average Bonchev–Trinajstić information content (AvgIpc) is 3.36. The molecule has 9 heteroatoms. The van der Waals surface area contributed by atoms with Crippen LogP contribution in [0.2, 0.25) is 0 Å². The number of carbonyl (C=O) groups excluding carboxylic acids is 1. The highest BCUT2D eigenvalue weighted by Gasteiger charge is 2.26. The Labute approximate surface area is 206 Å². The smallest absolute Gasteiger partial charge is 0.276 e. The molecule has 1 heterocycles. The number of aliphatic hydroxyl groups excluding tert-OH is 1. The Hall–Kier alpha value is -3.20. The second kappa shape index (κ2) is 14.9. The van der Waals surface area contributed by atoms with Crippen LogP contribution in [0.1, 0.15) is 75.7 Å². The minimum Gasteiger partial charge on any atom is -0.402 e. The van der Waals surface area contributed by atoms with E-state index in [9.17, 15) is 13.6 Å². The summed E-state index contributed by atoms with van der Waals surface area (Å²) in [4.78, 5) is 14.4. The highest BCUT2D eigenvalue weighted by atomic mass is 19.1. The van der Waals surface area contributed by atoms with E-state index in [1.54, 1.807) is 4.90 Å². The minimum absolute atomic E-state index is 0.0308. The predicted molar refractivity (Wildman–Crippen MR) is 134 cm³/mol. The zero-order valence-electron chi connectivity index (χ0n) is 21.3. The molecule has 1 atom stereocenters. The maximum Gasteiger partial charge on any atom is 0.276 e. The number of rotatable bonds is 7. The monoisotopic (exact) mass is 492 g/mol. The van der Waals surface area contributed by atoms with Crippen LogP contribution in [0, 0.1) is 17.6 Å². The van der Waals surface area contributed by atoms with E-state index in [0.717, 1.165) is 25.0 Å². The van der Waals surface area contributed by atoms with E-state index in [0.29, 0.717) is 30.8 Å². The van der Waals surface area contributed by atoms with Gasteiger partial charge in [0, 0.05) is 36.5 Å². The van der Waals surface area contributed by atoms with Crippen LogP contribution < -0.4 is 11.5 Å². The van der Waals surface area contributed by atoms with Crippen molar-refractivity contribution >= 4 is 11.6 Å². The van der Waals surface area contributed by atoms with E-state index in [-0.39, 0.29) is 41.1 Å². The highest BCUT2D eigenvalue weighted by molar-refractivity contribution is 5.92. The third kappa shape index (κ3) is 7.65. The number of allylic oxidation sites excluding steroid dienone is 2. The molecule has 5 N–H and O–H groups in total. The quantitative estimate of drug-likeness (QED) is 0.502. The molecule has 1 aliphatic carbocycles. The van der Waals surface area contributed by atoms with Crippen molar-refractivity contribution in [2.45, 2.75) is 60.5 Å². The summed E-state index contributed by atoms with van der Waals surface area (Å²) in [5, 5.41) is 12.8. The standard InChI is InChI=1S/C22H26F2N4O3.2C2H6/c1-2-28(22(30)19-10-15(12-29)31-27-19)11-14-6-3-5-13(21(14)26)9-18(25)20-16(23)7-4-8-17(20)24;2*1-2/h4,7-10,14,29H,2-3,5-6,11-12,25-26H2,1H3;2*1-2H3/b18-9-;;. The van der Waals surface area contributed by atoms with Gasteiger partial charge in [-0.05, 0) is 50.0 Å². The van der Waals surface area contributed by atoms with Crippen LogP contribution in [0.4, 0.5) is 8.78 Å². The lowest BCUT2D eigenvalue weighted by molar-refractivity contribution is 0.0730. The van der Waals surface area contributed by atoms with Gasteiger partial charge in [-0.2, -0.15) is 0 Å². The predicted octanol–water partition coefficient (Wildman–Crippen LogP) is 4.97. The van der Waals surface area contributed by atoms with Crippen LogP contribution in [-0.4, -0.2) is 34.2 Å². The number of hydrogen-bond acceptors (Lipinski definition) is 6. The summed E-state index contributed by atoms with van der Waals surface area (Å²) in [5.41, 5.74) is 13.4. The second-order valence-electron chi connectivity index (χ2n) is 7.45. The van der Waals surface area contributed by atoms with Gasteiger partial charge >= 0.3 is 0 Å². The Morgan fingerprint density at radius 2 is 1.89 bits per heavy atom. The first-order chi connectivity index (χ1) is 16.8. The summed E-state index contributed by atoms with van der Waals surface area (Å²) in [6, 6.07) is 4.98. The lowest BCUT2D eigenvalue weighted by atomic mass is 9.86. The number of benzene rings is 1. The van der Waals surface area contributed by atoms with Crippen molar-refractivity contribution in [1.82, 2.24) is 10.1 Å². The SMILES string of the molecule is CC.CC.CCN(CC1CCCC(/C=C(\N)c2c(F)cccc2F)=C1N)C(=O)c1cc(CO)on1. The van der Waals surface area contributed by atoms with E-state index < -0.39 is 11.6 Å². The molecule has 0 bridgehead atoms. The molecule has 0 fully saturated rings. The molecule has 0 radical (unpaired) electrons. The van der Waals surface area contributed by atoms with Crippen molar-refractivity contribution < 1.29 is 23.2 Å². The number of amides is 1. The van der Waals surface area contributed by atoms with Gasteiger partial charge in [0.05, 0.1) is 5.56 Å². The first-order valence-corrected chi connectivity index (χ1v) is 12.1. The Bertz CT molecular complexity index is 998. The Morgan fingerprint density at radius 1 is 1.26 bits per heavy atom. The fourth-order valence-electron chi connectivity index (χ4n) is 3.75. The third-order valence-electron chi connectivity index (χ3n) is 5.43. The molecule has 1 aliphatic rings. The van der Waals surface area contributed by atoms with Gasteiger partial charge in [-0.1, -0.05) is 38.9 Å². The van der Waals surface area contributed by atoms with Crippen molar-refractivity contribution in [3.05, 3.63) is 70.3 Å². The number of aliphatic hydroxyl groups is 1. The molecule has 35 heavy (non-hydrogen) atoms. The van der Waals surface area contributed by atoms with Gasteiger partial charge in [0.2, 0.25) is 0 Å². The van der Waals surface area contributed by atoms with Crippen LogP contribution in [0.25, 0.3) is 5.70 Å². The van der Waals surface area contributed by atoms with Gasteiger partial charge in [0.25, 0.3) is 5.91 Å². The summed E-state index contributed by atoms with van der Waals surface area (Å²) in [6.45, 7) is 10.3. The molecule has 1 aromatic carbocycles. The average molecular weight is 493 g/mol. The van der Waals surface area contributed by atoms with E-state index in [4.69, 9.17) is 21.1 Å². The van der Waals surface area contributed by atoms with Gasteiger partial charge < -0.3 is 26.0 Å². The molecule has 0 spiro atoms. The zero-order chi connectivity index (χ0) is 26.5. The topological polar surface area (TPSA) is 119 Å². The van der Waals surface area contributed by atoms with Crippen LogP contribution in [0.15, 0.2) is 46.1 Å². The van der Waals surface area contributed by atoms with Crippen molar-refractivity contribution in [2.24, 2.45) is 17.4 Å². The number of carbonyl (C=O) groups is 1. The zero-order valence-corrected chi connectivity index (χ0v) is 21.3. The van der Waals surface area contributed by atoms with Gasteiger partial charge in [0.15, 0.2) is 11.5 Å². The molecule has 194 valence electrons. The minimum atomic E-state index is -0.738. The van der Waals surface area contributed by atoms with Crippen LogP contribution >= 0.6 is 0 Å². The summed E-state index contributed by atoms with van der Waals surface area (Å²) in [6.07, 6.45) is 3.71. The molecule has 1 unspecified atom stereocenters. The molecule has 1 amide bonds. The molecule has 0 saturated carbocycles. The maximum atomic E-state index is 14.0. The van der Waals surface area contributed by atoms with E-state index in [1.807, 2.05) is 34.6 Å². The van der Waals surface area contributed by atoms with Crippen molar-refractivity contribution in [2.75, 3.05) is 13.1 Å². The number of hydrogen-bond donors (Lipinski definition) is 3. The van der Waals surface area contributed by atoms with Crippen LogP contribution in [-0.2, 0) is 6.61 Å². The van der Waals surface area contributed by atoms with Gasteiger partial charge in [0.1, 0.15) is 18.2 Å². The molecule has 3 rings (SSSR count). The molecular weight excluding hydrogens is 454 g/mol. The van der Waals surface area contributed by atoms with Gasteiger partial charge in [-0.15, -0.1) is 0 Å². The number of nitrogens with zero attached hydrogens (tertiary/aromatic N) is 2. The second-order valence-corrected chi connectivity index (χ2v) is 7.45. The van der Waals surface area contributed by atoms with E-state index in [2.05, 4.69) is 5.16 Å². The molecule has 1 aromatic heterocycles. The van der Waals surface area contributed by atoms with Gasteiger partial charge in [-0.3, -0.25) is 4.79 Å². The van der Waals surface area contributed by atoms with Crippen molar-refractivity contribution in [3.63, 3.8) is 0 Å². The van der Waals surface area contributed by atoms with Gasteiger partial charge in [-0.25, -0.2) is 8.78 Å². The van der Waals surface area contributed by atoms with Crippen LogP contribution in [0.5, 0.6) is 0 Å². The van der Waals surface area contributed by atoms with Crippen molar-refractivity contribution in [1.29, 1.82) is 0 Å². The molecule has 0 aliphatic heterocycles. The number of nitrogens with two attached hydrogens (primary N) is 2. The number of halogens is 2. The lowest BCUT2D eigenvalue weighted by Crippen LogP contribution is -2.38. The molecule has 7 nitrogen and oxygen atoms in total. The summed E-state index contributed by atoms with van der Waals surface area (Å²) in [5.74, 6) is -1.73.